The smallest absolute Gasteiger partial charge is 0.478 e. The van der Waals surface area contributed by atoms with Crippen LogP contribution in [0.5, 0.6) is 23.0 Å². The van der Waals surface area contributed by atoms with Crippen LogP contribution in [0.15, 0.2) is 101 Å². The molecule has 0 aromatic heterocycles. The van der Waals surface area contributed by atoms with Gasteiger partial charge in [0, 0.05) is 5.69 Å². The van der Waals surface area contributed by atoms with Crippen LogP contribution in [0.2, 0.25) is 0 Å². The lowest BCUT2D eigenvalue weighted by molar-refractivity contribution is -0.275. The van der Waals surface area contributed by atoms with Gasteiger partial charge in [-0.1, -0.05) is 0 Å². The molecule has 0 aliphatic carbocycles. The molecule has 0 radical (unpaired) electrons. The number of aromatic carboxylic acids is 1. The molecule has 0 aliphatic heterocycles. The van der Waals surface area contributed by atoms with Crippen molar-refractivity contribution in [2.45, 2.75) is 22.5 Å². The van der Waals surface area contributed by atoms with Gasteiger partial charge in [-0.3, -0.25) is 9.44 Å². The van der Waals surface area contributed by atoms with Crippen LogP contribution in [0.1, 0.15) is 10.4 Å². The van der Waals surface area contributed by atoms with Gasteiger partial charge >= 0.3 is 18.7 Å². The summed E-state index contributed by atoms with van der Waals surface area (Å²) in [5.74, 6) is -2.80. The van der Waals surface area contributed by atoms with E-state index in [-0.39, 0.29) is 22.1 Å². The first kappa shape index (κ1) is 33.7. The Morgan fingerprint density at radius 1 is 0.587 bits per heavy atom. The van der Waals surface area contributed by atoms with Crippen LogP contribution in [0.25, 0.3) is 0 Å². The summed E-state index contributed by atoms with van der Waals surface area (Å²) < 4.78 is 142. The third-order valence-electron chi connectivity index (χ3n) is 5.54. The van der Waals surface area contributed by atoms with E-state index in [0.29, 0.717) is 0 Å². The van der Waals surface area contributed by atoms with Crippen molar-refractivity contribution < 1.29 is 67.3 Å². The quantitative estimate of drug-likeness (QED) is 0.148. The Morgan fingerprint density at radius 3 is 1.43 bits per heavy atom. The summed E-state index contributed by atoms with van der Waals surface area (Å²) in [6, 6.07) is 15.1. The highest BCUT2D eigenvalue weighted by molar-refractivity contribution is 7.93. The van der Waals surface area contributed by atoms with Crippen molar-refractivity contribution in [2.24, 2.45) is 0 Å². The van der Waals surface area contributed by atoms with Gasteiger partial charge in [0.1, 0.15) is 23.0 Å². The number of alkyl halides is 6. The van der Waals surface area contributed by atoms with Gasteiger partial charge in [0.25, 0.3) is 20.0 Å². The number of carboxylic acids is 1. The molecule has 0 aliphatic rings. The molecule has 4 aromatic rings. The van der Waals surface area contributed by atoms with E-state index >= 15 is 0 Å². The van der Waals surface area contributed by atoms with Crippen molar-refractivity contribution in [3.05, 3.63) is 96.6 Å². The summed E-state index contributed by atoms with van der Waals surface area (Å²) in [7, 11) is -8.66. The molecule has 0 saturated carbocycles. The number of benzene rings is 4. The van der Waals surface area contributed by atoms with Crippen LogP contribution in [0.4, 0.5) is 37.7 Å². The Bertz CT molecular complexity index is 1930. The molecule has 4 rings (SSSR count). The van der Waals surface area contributed by atoms with Gasteiger partial charge in [-0.15, -0.1) is 26.3 Å². The summed E-state index contributed by atoms with van der Waals surface area (Å²) in [5, 5.41) is 9.64. The average molecular weight is 693 g/mol. The highest BCUT2D eigenvalue weighted by atomic mass is 32.2. The zero-order chi connectivity index (χ0) is 33.9. The standard InChI is InChI=1S/C27H18F6N2O9S2/c28-26(29,30)43-18-5-10-21(11-6-18)45(38,39)34-16-1-3-17(4-2-16)42-20-9-14-24(23(15-20)25(36)37)35-46(40,41)22-12-7-19(8-13-22)44-27(31,32)33/h1-15,34-35H,(H,36,37). The summed E-state index contributed by atoms with van der Waals surface area (Å²) in [5.41, 5.74) is -0.899. The molecule has 46 heavy (non-hydrogen) atoms. The topological polar surface area (TPSA) is 157 Å². The lowest BCUT2D eigenvalue weighted by Crippen LogP contribution is -2.18. The predicted octanol–water partition coefficient (Wildman–Crippen LogP) is 6.58. The number of rotatable bonds is 11. The van der Waals surface area contributed by atoms with E-state index in [1.165, 1.54) is 30.3 Å². The highest BCUT2D eigenvalue weighted by Gasteiger charge is 2.32. The van der Waals surface area contributed by atoms with Gasteiger partial charge in [0.2, 0.25) is 0 Å². The van der Waals surface area contributed by atoms with Crippen LogP contribution in [-0.4, -0.2) is 40.6 Å². The Kier molecular flexibility index (Phi) is 9.29. The molecule has 244 valence electrons. The molecule has 0 spiro atoms. The van der Waals surface area contributed by atoms with Crippen molar-refractivity contribution >= 4 is 37.4 Å². The Morgan fingerprint density at radius 2 is 1.00 bits per heavy atom. The molecular weight excluding hydrogens is 674 g/mol. The fourth-order valence-corrected chi connectivity index (χ4v) is 5.78. The molecule has 11 nitrogen and oxygen atoms in total. The molecule has 0 unspecified atom stereocenters. The number of nitrogens with one attached hydrogen (secondary N) is 2. The van der Waals surface area contributed by atoms with Gasteiger partial charge < -0.3 is 19.3 Å². The van der Waals surface area contributed by atoms with Crippen molar-refractivity contribution in [1.29, 1.82) is 0 Å². The third kappa shape index (κ3) is 9.17. The minimum absolute atomic E-state index is 0.0388. The molecule has 4 aromatic carbocycles. The average Bonchev–Trinajstić information content (AvgIpc) is 2.93. The second-order valence-corrected chi connectivity index (χ2v) is 12.3. The van der Waals surface area contributed by atoms with E-state index in [1.807, 2.05) is 4.72 Å². The molecule has 19 heteroatoms. The van der Waals surface area contributed by atoms with Crippen LogP contribution >= 0.6 is 0 Å². The molecule has 0 amide bonds. The first-order valence-corrected chi connectivity index (χ1v) is 15.2. The minimum atomic E-state index is -4.99. The molecule has 0 saturated heterocycles. The van der Waals surface area contributed by atoms with E-state index in [2.05, 4.69) is 14.2 Å². The van der Waals surface area contributed by atoms with Crippen LogP contribution in [-0.2, 0) is 20.0 Å². The lowest BCUT2D eigenvalue weighted by Gasteiger charge is -2.14. The zero-order valence-corrected chi connectivity index (χ0v) is 24.1. The van der Waals surface area contributed by atoms with Crippen molar-refractivity contribution in [3.63, 3.8) is 0 Å². The first-order valence-electron chi connectivity index (χ1n) is 12.2. The number of ether oxygens (including phenoxy) is 3. The maximum atomic E-state index is 12.7. The van der Waals surface area contributed by atoms with Crippen molar-refractivity contribution in [3.8, 4) is 23.0 Å². The summed E-state index contributed by atoms with van der Waals surface area (Å²) in [4.78, 5) is 11.0. The van der Waals surface area contributed by atoms with Gasteiger partial charge in [-0.25, -0.2) is 21.6 Å². The molecule has 0 fully saturated rings. The number of hydrogen-bond donors (Lipinski definition) is 3. The van der Waals surface area contributed by atoms with Gasteiger partial charge in [-0.2, -0.15) is 0 Å². The minimum Gasteiger partial charge on any atom is -0.478 e. The fraction of sp³-hybridized carbons (Fsp3) is 0.0741. The molecule has 0 atom stereocenters. The van der Waals surface area contributed by atoms with Gasteiger partial charge in [0.05, 0.1) is 21.0 Å². The maximum Gasteiger partial charge on any atom is 0.573 e. The van der Waals surface area contributed by atoms with Gasteiger partial charge in [0.15, 0.2) is 0 Å². The zero-order valence-electron chi connectivity index (χ0n) is 22.5. The largest absolute Gasteiger partial charge is 0.573 e. The van der Waals surface area contributed by atoms with E-state index in [9.17, 15) is 53.1 Å². The van der Waals surface area contributed by atoms with Gasteiger partial charge in [-0.05, 0) is 91.0 Å². The second-order valence-electron chi connectivity index (χ2n) is 8.89. The fourth-order valence-electron chi connectivity index (χ4n) is 3.64. The molecule has 0 bridgehead atoms. The predicted molar refractivity (Wildman–Crippen MR) is 148 cm³/mol. The number of carboxylic acid groups (broad SMARTS) is 1. The monoisotopic (exact) mass is 692 g/mol. The van der Waals surface area contributed by atoms with E-state index in [0.717, 1.165) is 60.7 Å². The van der Waals surface area contributed by atoms with Crippen LogP contribution < -0.4 is 23.7 Å². The molecule has 0 heterocycles. The Labute approximate surface area is 256 Å². The highest BCUT2D eigenvalue weighted by Crippen LogP contribution is 2.31. The number of sulfonamides is 2. The SMILES string of the molecule is O=C(O)c1cc(Oc2ccc(NS(=O)(=O)c3ccc(OC(F)(F)F)cc3)cc2)ccc1NS(=O)(=O)c1ccc(OC(F)(F)F)cc1. The third-order valence-corrected chi connectivity index (χ3v) is 8.32. The maximum absolute atomic E-state index is 12.7. The Hall–Kier alpha value is -5.17. The lowest BCUT2D eigenvalue weighted by atomic mass is 10.2. The van der Waals surface area contributed by atoms with Crippen molar-refractivity contribution in [1.82, 2.24) is 0 Å². The van der Waals surface area contributed by atoms with E-state index < -0.39 is 66.4 Å². The number of halogens is 6. The molecular formula is C27H18F6N2O9S2. The summed E-state index contributed by atoms with van der Waals surface area (Å²) in [6.07, 6.45) is -9.94. The number of anilines is 2. The first-order chi connectivity index (χ1) is 21.3. The Balaban J connectivity index is 1.44. The van der Waals surface area contributed by atoms with E-state index in [4.69, 9.17) is 4.74 Å². The van der Waals surface area contributed by atoms with E-state index in [1.54, 1.807) is 0 Å². The van der Waals surface area contributed by atoms with Crippen LogP contribution in [0.3, 0.4) is 0 Å². The van der Waals surface area contributed by atoms with Crippen LogP contribution in [0, 0.1) is 0 Å². The second kappa shape index (κ2) is 12.7. The summed E-state index contributed by atoms with van der Waals surface area (Å²) >= 11 is 0. The normalized spacial score (nSPS) is 12.2. The molecule has 3 N–H and O–H groups in total. The number of carbonyl (C=O) groups is 1. The van der Waals surface area contributed by atoms with Crippen molar-refractivity contribution in [2.75, 3.05) is 9.44 Å². The summed E-state index contributed by atoms with van der Waals surface area (Å²) in [6.45, 7) is 0. The number of hydrogen-bond acceptors (Lipinski definition) is 8.